The highest BCUT2D eigenvalue weighted by molar-refractivity contribution is 5.57. The predicted molar refractivity (Wildman–Crippen MR) is 69.8 cm³/mol. The first-order valence-corrected chi connectivity index (χ1v) is 6.18. The summed E-state index contributed by atoms with van der Waals surface area (Å²) in [5, 5.41) is 11.0. The molecule has 98 valence electrons. The van der Waals surface area contributed by atoms with Gasteiger partial charge in [-0.3, -0.25) is 15.0 Å². The number of hydrogen-bond acceptors (Lipinski definition) is 5. The SMILES string of the molecule is CC(C)N1CCN(c2ncccc2[N+](=O)[O-])CC1. The molecule has 1 aliphatic heterocycles. The maximum Gasteiger partial charge on any atom is 0.311 e. The van der Waals surface area contributed by atoms with Crippen molar-refractivity contribution in [1.29, 1.82) is 0 Å². The topological polar surface area (TPSA) is 62.5 Å². The maximum atomic E-state index is 11.0. The van der Waals surface area contributed by atoms with Gasteiger partial charge in [-0.25, -0.2) is 4.98 Å². The number of piperazine rings is 1. The molecule has 0 N–H and O–H groups in total. The van der Waals surface area contributed by atoms with Crippen molar-refractivity contribution in [2.45, 2.75) is 19.9 Å². The van der Waals surface area contributed by atoms with Crippen molar-refractivity contribution in [3.63, 3.8) is 0 Å². The summed E-state index contributed by atoms with van der Waals surface area (Å²) in [6.45, 7) is 7.75. The molecule has 1 aromatic heterocycles. The van der Waals surface area contributed by atoms with E-state index in [1.54, 1.807) is 12.3 Å². The molecule has 2 rings (SSSR count). The van der Waals surface area contributed by atoms with E-state index in [2.05, 4.69) is 23.7 Å². The summed E-state index contributed by atoms with van der Waals surface area (Å²) in [6.07, 6.45) is 1.61. The van der Waals surface area contributed by atoms with Crippen LogP contribution in [0.2, 0.25) is 0 Å². The summed E-state index contributed by atoms with van der Waals surface area (Å²) >= 11 is 0. The molecule has 1 aliphatic rings. The Morgan fingerprint density at radius 1 is 1.33 bits per heavy atom. The van der Waals surface area contributed by atoms with Crippen molar-refractivity contribution in [2.75, 3.05) is 31.1 Å². The Balaban J connectivity index is 2.12. The summed E-state index contributed by atoms with van der Waals surface area (Å²) in [5.41, 5.74) is 0.0931. The first kappa shape index (κ1) is 12.8. The van der Waals surface area contributed by atoms with E-state index in [1.807, 2.05) is 4.90 Å². The zero-order valence-electron chi connectivity index (χ0n) is 10.7. The van der Waals surface area contributed by atoms with Crippen molar-refractivity contribution in [2.24, 2.45) is 0 Å². The number of hydrogen-bond donors (Lipinski definition) is 0. The lowest BCUT2D eigenvalue weighted by Crippen LogP contribution is -2.49. The number of rotatable bonds is 3. The van der Waals surface area contributed by atoms with Crippen LogP contribution in [0.3, 0.4) is 0 Å². The summed E-state index contributed by atoms with van der Waals surface area (Å²) in [4.78, 5) is 19.1. The van der Waals surface area contributed by atoms with Crippen molar-refractivity contribution >= 4 is 11.5 Å². The smallest absolute Gasteiger partial charge is 0.311 e. The number of nitro groups is 1. The largest absolute Gasteiger partial charge is 0.348 e. The van der Waals surface area contributed by atoms with Gasteiger partial charge in [0.1, 0.15) is 0 Å². The minimum Gasteiger partial charge on any atom is -0.348 e. The molecule has 1 saturated heterocycles. The fourth-order valence-electron chi connectivity index (χ4n) is 2.22. The molecule has 0 radical (unpaired) electrons. The molecular weight excluding hydrogens is 232 g/mol. The van der Waals surface area contributed by atoms with Crippen molar-refractivity contribution < 1.29 is 4.92 Å². The minimum atomic E-state index is -0.364. The monoisotopic (exact) mass is 250 g/mol. The zero-order chi connectivity index (χ0) is 13.1. The van der Waals surface area contributed by atoms with E-state index in [0.29, 0.717) is 11.9 Å². The van der Waals surface area contributed by atoms with Gasteiger partial charge in [-0.05, 0) is 19.9 Å². The standard InChI is InChI=1S/C12H18N4O2/c1-10(2)14-6-8-15(9-7-14)12-11(16(17)18)4-3-5-13-12/h3-5,10H,6-9H2,1-2H3. The van der Waals surface area contributed by atoms with E-state index >= 15 is 0 Å². The van der Waals surface area contributed by atoms with Crippen LogP contribution in [-0.4, -0.2) is 47.0 Å². The molecule has 0 aliphatic carbocycles. The average Bonchev–Trinajstić information content (AvgIpc) is 2.39. The van der Waals surface area contributed by atoms with Gasteiger partial charge in [0.25, 0.3) is 0 Å². The van der Waals surface area contributed by atoms with Gasteiger partial charge in [-0.2, -0.15) is 0 Å². The molecule has 18 heavy (non-hydrogen) atoms. The van der Waals surface area contributed by atoms with Crippen LogP contribution in [0.5, 0.6) is 0 Å². The fourth-order valence-corrected chi connectivity index (χ4v) is 2.22. The fraction of sp³-hybridized carbons (Fsp3) is 0.583. The molecule has 0 atom stereocenters. The summed E-state index contributed by atoms with van der Waals surface area (Å²) in [7, 11) is 0. The molecule has 0 amide bonds. The zero-order valence-corrected chi connectivity index (χ0v) is 10.7. The number of anilines is 1. The van der Waals surface area contributed by atoms with Gasteiger partial charge in [-0.1, -0.05) is 0 Å². The quantitative estimate of drug-likeness (QED) is 0.601. The lowest BCUT2D eigenvalue weighted by Gasteiger charge is -2.37. The Labute approximate surface area is 106 Å². The summed E-state index contributed by atoms with van der Waals surface area (Å²) < 4.78 is 0. The molecule has 2 heterocycles. The first-order chi connectivity index (χ1) is 8.59. The molecule has 0 bridgehead atoms. The van der Waals surface area contributed by atoms with Gasteiger partial charge in [0.15, 0.2) is 0 Å². The van der Waals surface area contributed by atoms with E-state index in [-0.39, 0.29) is 10.6 Å². The average molecular weight is 250 g/mol. The Morgan fingerprint density at radius 3 is 2.56 bits per heavy atom. The van der Waals surface area contributed by atoms with Gasteiger partial charge in [0.05, 0.1) is 4.92 Å². The molecule has 0 saturated carbocycles. The highest BCUT2D eigenvalue weighted by atomic mass is 16.6. The lowest BCUT2D eigenvalue weighted by molar-refractivity contribution is -0.384. The van der Waals surface area contributed by atoms with Crippen LogP contribution in [-0.2, 0) is 0 Å². The second-order valence-corrected chi connectivity index (χ2v) is 4.72. The number of aromatic nitrogens is 1. The normalized spacial score (nSPS) is 17.2. The molecule has 0 unspecified atom stereocenters. The maximum absolute atomic E-state index is 11.0. The molecule has 6 nitrogen and oxygen atoms in total. The van der Waals surface area contributed by atoms with Crippen LogP contribution < -0.4 is 4.90 Å². The van der Waals surface area contributed by atoms with Crippen LogP contribution in [0.25, 0.3) is 0 Å². The lowest BCUT2D eigenvalue weighted by atomic mass is 10.2. The van der Waals surface area contributed by atoms with E-state index in [9.17, 15) is 10.1 Å². The second-order valence-electron chi connectivity index (χ2n) is 4.72. The predicted octanol–water partition coefficient (Wildman–Crippen LogP) is 1.52. The number of nitrogens with zero attached hydrogens (tertiary/aromatic N) is 4. The van der Waals surface area contributed by atoms with E-state index in [0.717, 1.165) is 26.2 Å². The van der Waals surface area contributed by atoms with E-state index < -0.39 is 0 Å². The highest BCUT2D eigenvalue weighted by Crippen LogP contribution is 2.25. The van der Waals surface area contributed by atoms with Crippen LogP contribution in [0.4, 0.5) is 11.5 Å². The molecule has 6 heteroatoms. The minimum absolute atomic E-state index is 0.0931. The van der Waals surface area contributed by atoms with E-state index in [4.69, 9.17) is 0 Å². The van der Waals surface area contributed by atoms with Gasteiger partial charge in [-0.15, -0.1) is 0 Å². The Bertz CT molecular complexity index is 428. The van der Waals surface area contributed by atoms with Crippen LogP contribution in [0, 0.1) is 10.1 Å². The van der Waals surface area contributed by atoms with Gasteiger partial charge >= 0.3 is 5.69 Å². The first-order valence-electron chi connectivity index (χ1n) is 6.18. The highest BCUT2D eigenvalue weighted by Gasteiger charge is 2.25. The Morgan fingerprint density at radius 2 is 2.00 bits per heavy atom. The van der Waals surface area contributed by atoms with Gasteiger partial charge in [0, 0.05) is 44.5 Å². The third-order valence-electron chi connectivity index (χ3n) is 3.31. The van der Waals surface area contributed by atoms with Crippen LogP contribution in [0.1, 0.15) is 13.8 Å². The van der Waals surface area contributed by atoms with Crippen molar-refractivity contribution in [3.05, 3.63) is 28.4 Å². The van der Waals surface area contributed by atoms with Crippen molar-refractivity contribution in [3.8, 4) is 0 Å². The summed E-state index contributed by atoms with van der Waals surface area (Å²) in [6, 6.07) is 3.63. The Hall–Kier alpha value is -1.69. The summed E-state index contributed by atoms with van der Waals surface area (Å²) in [5.74, 6) is 0.492. The van der Waals surface area contributed by atoms with Gasteiger partial charge in [0.2, 0.25) is 5.82 Å². The van der Waals surface area contributed by atoms with E-state index in [1.165, 1.54) is 6.07 Å². The van der Waals surface area contributed by atoms with Crippen LogP contribution in [0.15, 0.2) is 18.3 Å². The second kappa shape index (κ2) is 5.30. The third-order valence-corrected chi connectivity index (χ3v) is 3.31. The molecule has 0 spiro atoms. The molecule has 1 aromatic rings. The Kier molecular flexibility index (Phi) is 3.76. The van der Waals surface area contributed by atoms with Crippen LogP contribution >= 0.6 is 0 Å². The molecule has 0 aromatic carbocycles. The molecular formula is C12H18N4O2. The molecule has 1 fully saturated rings. The van der Waals surface area contributed by atoms with Gasteiger partial charge < -0.3 is 4.90 Å². The van der Waals surface area contributed by atoms with Crippen molar-refractivity contribution in [1.82, 2.24) is 9.88 Å². The third kappa shape index (κ3) is 2.59. The number of pyridine rings is 1.